The fourth-order valence-corrected chi connectivity index (χ4v) is 7.08. The molecule has 0 aliphatic carbocycles. The van der Waals surface area contributed by atoms with Crippen molar-refractivity contribution in [1.82, 2.24) is 9.55 Å². The van der Waals surface area contributed by atoms with E-state index in [0.717, 1.165) is 11.8 Å². The number of nitrogens with zero attached hydrogens (tertiary/aromatic N) is 1. The van der Waals surface area contributed by atoms with Gasteiger partial charge < -0.3 is 24.7 Å². The molecule has 1 fully saturated rings. The third-order valence-electron chi connectivity index (χ3n) is 3.75. The Morgan fingerprint density at radius 3 is 2.37 bits per heavy atom. The van der Waals surface area contributed by atoms with Crippen LogP contribution in [0.5, 0.6) is 0 Å². The third-order valence-corrected chi connectivity index (χ3v) is 9.09. The van der Waals surface area contributed by atoms with Crippen molar-refractivity contribution in [2.24, 2.45) is 0 Å². The number of aromatic amines is 1. The van der Waals surface area contributed by atoms with E-state index in [2.05, 4.69) is 18.1 Å². The van der Waals surface area contributed by atoms with Gasteiger partial charge in [0.1, 0.15) is 0 Å². The van der Waals surface area contributed by atoms with Crippen LogP contribution in [0.15, 0.2) is 15.8 Å². The van der Waals surface area contributed by atoms with Gasteiger partial charge in [0.15, 0.2) is 0 Å². The molecule has 5 atom stereocenters. The van der Waals surface area contributed by atoms with Crippen LogP contribution in [0, 0.1) is 0 Å². The summed E-state index contributed by atoms with van der Waals surface area (Å²) in [7, 11) is -16.5. The zero-order valence-electron chi connectivity index (χ0n) is 15.1. The van der Waals surface area contributed by atoms with Crippen LogP contribution in [0.25, 0.3) is 0 Å². The van der Waals surface area contributed by atoms with Crippen molar-refractivity contribution < 1.29 is 51.5 Å². The van der Waals surface area contributed by atoms with Crippen LogP contribution in [0.2, 0.25) is 0 Å². The molecule has 0 saturated carbocycles. The third kappa shape index (κ3) is 7.23. The molecular weight excluding hydrogens is 493 g/mol. The van der Waals surface area contributed by atoms with E-state index in [9.17, 15) is 33.3 Å². The van der Waals surface area contributed by atoms with Crippen molar-refractivity contribution in [3.8, 4) is 0 Å². The molecule has 15 nitrogen and oxygen atoms in total. The van der Waals surface area contributed by atoms with Crippen molar-refractivity contribution >= 4 is 35.2 Å². The van der Waals surface area contributed by atoms with E-state index < -0.39 is 58.1 Å². The molecule has 0 amide bonds. The summed E-state index contributed by atoms with van der Waals surface area (Å²) in [5.41, 5.74) is -0.914. The standard InChI is InChI=1S/C11H19N2O13P3S/c1-2-6-4-13(11(16)12-10(6)15)9-3-7(14)8(30-9)5-24-28(20,21)26-29(22,23)25-27(17,18)19/h4,7-9,14H,2-3,5H2,1H3,(H,20,21)(H,22,23)(H,12,15,16)(H2,17,18,19)/t7?,8-,9+/m0/s1. The second-order valence-corrected chi connectivity index (χ2v) is 11.8. The van der Waals surface area contributed by atoms with Gasteiger partial charge in [0.05, 0.1) is 23.3 Å². The molecule has 3 unspecified atom stereocenters. The molecule has 0 radical (unpaired) electrons. The van der Waals surface area contributed by atoms with Crippen LogP contribution in [0.3, 0.4) is 0 Å². The first kappa shape index (κ1) is 25.7. The highest BCUT2D eigenvalue weighted by atomic mass is 32.2. The Morgan fingerprint density at radius 1 is 1.17 bits per heavy atom. The molecule has 30 heavy (non-hydrogen) atoms. The first-order valence-corrected chi connectivity index (χ1v) is 13.5. The molecule has 2 rings (SSSR count). The molecule has 0 spiro atoms. The predicted octanol–water partition coefficient (Wildman–Crippen LogP) is -0.193. The molecule has 6 N–H and O–H groups in total. The molecule has 1 saturated heterocycles. The fraction of sp³-hybridized carbons (Fsp3) is 0.636. The van der Waals surface area contributed by atoms with Gasteiger partial charge in [0.2, 0.25) is 0 Å². The maximum Gasteiger partial charge on any atom is 0.490 e. The van der Waals surface area contributed by atoms with Crippen LogP contribution in [-0.4, -0.2) is 52.2 Å². The Labute approximate surface area is 172 Å². The monoisotopic (exact) mass is 512 g/mol. The molecule has 1 aliphatic heterocycles. The van der Waals surface area contributed by atoms with E-state index in [1.54, 1.807) is 6.92 Å². The summed E-state index contributed by atoms with van der Waals surface area (Å²) in [5, 5.41) is 8.61. The summed E-state index contributed by atoms with van der Waals surface area (Å²) in [4.78, 5) is 61.4. The molecule has 2 heterocycles. The molecule has 1 aromatic rings. The smallest absolute Gasteiger partial charge is 0.392 e. The van der Waals surface area contributed by atoms with Crippen molar-refractivity contribution in [3.63, 3.8) is 0 Å². The number of rotatable bonds is 9. The predicted molar refractivity (Wildman–Crippen MR) is 102 cm³/mol. The maximum absolute atomic E-state index is 12.0. The van der Waals surface area contributed by atoms with Crippen LogP contribution in [0.4, 0.5) is 0 Å². The summed E-state index contributed by atoms with van der Waals surface area (Å²) >= 11 is 0.971. The lowest BCUT2D eigenvalue weighted by Gasteiger charge is -2.19. The van der Waals surface area contributed by atoms with Gasteiger partial charge in [-0.05, 0) is 6.42 Å². The number of aliphatic hydroxyl groups excluding tert-OH is 1. The van der Waals surface area contributed by atoms with Crippen LogP contribution in [-0.2, 0) is 33.3 Å². The van der Waals surface area contributed by atoms with Crippen molar-refractivity contribution in [1.29, 1.82) is 0 Å². The van der Waals surface area contributed by atoms with Crippen LogP contribution in [0.1, 0.15) is 24.3 Å². The highest BCUT2D eigenvalue weighted by molar-refractivity contribution is 8.00. The number of phosphoric acid groups is 3. The van der Waals surface area contributed by atoms with Crippen molar-refractivity contribution in [2.75, 3.05) is 6.61 Å². The zero-order chi connectivity index (χ0) is 22.9. The molecule has 1 aliphatic rings. The Morgan fingerprint density at radius 2 is 1.80 bits per heavy atom. The SMILES string of the molecule is CCc1cn([C@H]2CC(O)[C@H](COP(=O)(O)OP(=O)(O)OP(=O)(O)O)S2)c(=O)[nH]c1=O. The Balaban J connectivity index is 2.05. The highest BCUT2D eigenvalue weighted by Gasteiger charge is 2.42. The lowest BCUT2D eigenvalue weighted by Crippen LogP contribution is -2.32. The first-order chi connectivity index (χ1) is 13.6. The Kier molecular flexibility index (Phi) is 8.12. The Hall–Kier alpha value is -0.600. The number of phosphoric ester groups is 1. The number of aliphatic hydroxyl groups is 1. The summed E-state index contributed by atoms with van der Waals surface area (Å²) < 4.78 is 46.6. The first-order valence-electron chi connectivity index (χ1n) is 8.08. The van der Waals surface area contributed by atoms with E-state index in [4.69, 9.17) is 14.7 Å². The number of hydrogen-bond acceptors (Lipinski definition) is 10. The number of hydrogen-bond donors (Lipinski definition) is 6. The van der Waals surface area contributed by atoms with Gasteiger partial charge in [-0.25, -0.2) is 18.5 Å². The lowest BCUT2D eigenvalue weighted by atomic mass is 10.2. The molecule has 1 aromatic heterocycles. The maximum atomic E-state index is 12.0. The van der Waals surface area contributed by atoms with Gasteiger partial charge in [-0.15, -0.1) is 11.8 Å². The fourth-order valence-electron chi connectivity index (χ4n) is 2.50. The second kappa shape index (κ2) is 9.49. The molecule has 0 bridgehead atoms. The number of nitrogens with one attached hydrogen (secondary N) is 1. The number of aromatic nitrogens is 2. The molecule has 19 heteroatoms. The largest absolute Gasteiger partial charge is 0.490 e. The minimum atomic E-state index is -5.64. The zero-order valence-corrected chi connectivity index (χ0v) is 18.6. The summed E-state index contributed by atoms with van der Waals surface area (Å²) in [6.45, 7) is 1.02. The van der Waals surface area contributed by atoms with Gasteiger partial charge in [-0.1, -0.05) is 6.92 Å². The van der Waals surface area contributed by atoms with Gasteiger partial charge in [0, 0.05) is 18.2 Å². The molecule has 172 valence electrons. The summed E-state index contributed by atoms with van der Waals surface area (Å²) in [6.07, 6.45) is 0.585. The number of H-pyrrole nitrogens is 1. The Bertz CT molecular complexity index is 1030. The number of aryl methyl sites for hydroxylation is 1. The summed E-state index contributed by atoms with van der Waals surface area (Å²) in [5.74, 6) is 0. The number of thioether (sulfide) groups is 1. The van der Waals surface area contributed by atoms with E-state index in [1.165, 1.54) is 10.8 Å². The second-order valence-electron chi connectivity index (χ2n) is 5.99. The van der Waals surface area contributed by atoms with E-state index in [1.807, 2.05) is 0 Å². The van der Waals surface area contributed by atoms with Gasteiger partial charge in [-0.3, -0.25) is 18.9 Å². The van der Waals surface area contributed by atoms with Crippen LogP contribution >= 0.6 is 35.2 Å². The molecule has 0 aromatic carbocycles. The van der Waals surface area contributed by atoms with Crippen molar-refractivity contribution in [3.05, 3.63) is 32.6 Å². The average molecular weight is 512 g/mol. The van der Waals surface area contributed by atoms with E-state index >= 15 is 0 Å². The van der Waals surface area contributed by atoms with Gasteiger partial charge >= 0.3 is 29.2 Å². The minimum Gasteiger partial charge on any atom is -0.392 e. The van der Waals surface area contributed by atoms with Crippen molar-refractivity contribution in [2.45, 2.75) is 36.5 Å². The topological polar surface area (TPSA) is 235 Å². The van der Waals surface area contributed by atoms with E-state index in [-0.39, 0.29) is 6.42 Å². The molecular formula is C11H19N2O13P3S. The average Bonchev–Trinajstić information content (AvgIpc) is 2.90. The highest BCUT2D eigenvalue weighted by Crippen LogP contribution is 2.66. The quantitative estimate of drug-likeness (QED) is 0.235. The van der Waals surface area contributed by atoms with Crippen LogP contribution < -0.4 is 11.2 Å². The lowest BCUT2D eigenvalue weighted by molar-refractivity contribution is 0.125. The van der Waals surface area contributed by atoms with Gasteiger partial charge in [0.25, 0.3) is 5.56 Å². The normalized spacial score (nSPS) is 26.3. The van der Waals surface area contributed by atoms with E-state index in [0.29, 0.717) is 12.0 Å². The minimum absolute atomic E-state index is 0.0181. The summed E-state index contributed by atoms with van der Waals surface area (Å²) in [6, 6.07) is 0. The van der Waals surface area contributed by atoms with Gasteiger partial charge in [-0.2, -0.15) is 8.62 Å².